The number of H-pyrrole nitrogens is 1. The number of hydrogen-bond acceptors (Lipinski definition) is 5. The molecule has 128 valence electrons. The molecule has 0 saturated heterocycles. The molecule has 2 aromatic carbocycles. The van der Waals surface area contributed by atoms with Gasteiger partial charge in [-0.15, -0.1) is 0 Å². The van der Waals surface area contributed by atoms with E-state index in [-0.39, 0.29) is 15.8 Å². The van der Waals surface area contributed by atoms with Gasteiger partial charge in [-0.25, -0.2) is 9.97 Å². The number of para-hydroxylation sites is 1. The molecule has 4 aromatic rings. The summed E-state index contributed by atoms with van der Waals surface area (Å²) in [5.74, 6) is -0.316. The van der Waals surface area contributed by atoms with Crippen LogP contribution >= 0.6 is 0 Å². The molecule has 0 saturated carbocycles. The number of aromatic nitrogens is 4. The van der Waals surface area contributed by atoms with E-state index in [1.54, 1.807) is 24.5 Å². The number of carbonyl (C=O) groups excluding carboxylic acids is 1. The minimum absolute atomic E-state index is 0. The third-order valence-electron chi connectivity index (χ3n) is 3.78. The first kappa shape index (κ1) is 14.8. The Balaban J connectivity index is 0.00000131. The van der Waals surface area contributed by atoms with Crippen LogP contribution in [0.1, 0.15) is 14.8 Å². The Hall–Kier alpha value is -3.74. The third kappa shape index (κ3) is 2.90. The number of benzene rings is 2. The van der Waals surface area contributed by atoms with Crippen LogP contribution in [0.2, 0.25) is 0 Å². The zero-order valence-corrected chi connectivity index (χ0v) is 13.1. The number of amides is 1. The van der Waals surface area contributed by atoms with Crippen molar-refractivity contribution in [3.05, 3.63) is 66.6 Å². The maximum Gasteiger partial charge on any atom is 0.278 e. The summed E-state index contributed by atoms with van der Waals surface area (Å²) in [5.41, 5.74) is 8.92. The number of carbonyl (C=O) groups is 1. The molecule has 0 aliphatic carbocycles. The number of fused-ring (bicyclic) bond motifs is 1. The Labute approximate surface area is 147 Å². The van der Waals surface area contributed by atoms with E-state index >= 15 is 0 Å². The minimum atomic E-state index is -0.401. The zero-order valence-electron chi connectivity index (χ0n) is 13.1. The number of aromatic amines is 1. The van der Waals surface area contributed by atoms with E-state index in [0.29, 0.717) is 11.4 Å². The van der Waals surface area contributed by atoms with Gasteiger partial charge in [0.25, 0.3) is 5.91 Å². The average molecular weight is 336 g/mol. The van der Waals surface area contributed by atoms with E-state index in [9.17, 15) is 4.79 Å². The standard InChI is InChI=1S/C18H14N6O.3H2/c19-17-16(18(25)22-13-4-2-1-3-5-13)23-15(10-20-17)11-6-7-14-12(8-11)9-21-24-14;;;/h1-10H,(H2,19,20)(H,21,24)(H,22,25);3*1H. The molecule has 2 heterocycles. The quantitative estimate of drug-likeness (QED) is 0.529. The van der Waals surface area contributed by atoms with Crippen LogP contribution in [0.4, 0.5) is 11.5 Å². The van der Waals surface area contributed by atoms with Crippen LogP contribution in [0.25, 0.3) is 22.2 Å². The van der Waals surface area contributed by atoms with Crippen molar-refractivity contribution >= 4 is 28.3 Å². The molecule has 7 heteroatoms. The predicted molar refractivity (Wildman–Crippen MR) is 102 cm³/mol. The number of nitrogen functional groups attached to an aromatic ring is 1. The molecule has 0 bridgehead atoms. The van der Waals surface area contributed by atoms with Crippen LogP contribution in [0.5, 0.6) is 0 Å². The highest BCUT2D eigenvalue weighted by atomic mass is 16.1. The van der Waals surface area contributed by atoms with Gasteiger partial charge >= 0.3 is 0 Å². The van der Waals surface area contributed by atoms with Gasteiger partial charge in [0.05, 0.1) is 23.6 Å². The van der Waals surface area contributed by atoms with Crippen molar-refractivity contribution < 1.29 is 9.07 Å². The Morgan fingerprint density at radius 2 is 1.96 bits per heavy atom. The second kappa shape index (κ2) is 6.04. The Bertz CT molecular complexity index is 1070. The second-order valence-corrected chi connectivity index (χ2v) is 5.48. The lowest BCUT2D eigenvalue weighted by molar-refractivity contribution is 0.102. The van der Waals surface area contributed by atoms with Gasteiger partial charge in [-0.2, -0.15) is 5.10 Å². The molecule has 0 unspecified atom stereocenters. The fourth-order valence-electron chi connectivity index (χ4n) is 2.52. The van der Waals surface area contributed by atoms with E-state index in [0.717, 1.165) is 16.5 Å². The zero-order chi connectivity index (χ0) is 17.2. The van der Waals surface area contributed by atoms with E-state index in [1.807, 2.05) is 36.4 Å². The summed E-state index contributed by atoms with van der Waals surface area (Å²) in [6.45, 7) is 0. The maximum absolute atomic E-state index is 12.5. The van der Waals surface area contributed by atoms with Crippen molar-refractivity contribution in [2.75, 3.05) is 11.1 Å². The summed E-state index contributed by atoms with van der Waals surface area (Å²) in [6, 6.07) is 14.8. The highest BCUT2D eigenvalue weighted by Crippen LogP contribution is 2.23. The van der Waals surface area contributed by atoms with Gasteiger partial charge < -0.3 is 11.1 Å². The summed E-state index contributed by atoms with van der Waals surface area (Å²) in [7, 11) is 0. The van der Waals surface area contributed by atoms with Gasteiger partial charge in [0, 0.05) is 20.9 Å². The van der Waals surface area contributed by atoms with E-state index < -0.39 is 5.91 Å². The number of nitrogens with one attached hydrogen (secondary N) is 2. The van der Waals surface area contributed by atoms with Crippen molar-refractivity contribution in [1.29, 1.82) is 0 Å². The van der Waals surface area contributed by atoms with Gasteiger partial charge in [-0.05, 0) is 24.3 Å². The summed E-state index contributed by atoms with van der Waals surface area (Å²) in [4.78, 5) is 21.0. The molecule has 4 rings (SSSR count). The smallest absolute Gasteiger partial charge is 0.278 e. The summed E-state index contributed by atoms with van der Waals surface area (Å²) in [5, 5.41) is 10.6. The van der Waals surface area contributed by atoms with Crippen LogP contribution in [-0.2, 0) is 0 Å². The summed E-state index contributed by atoms with van der Waals surface area (Å²) < 4.78 is 0. The Morgan fingerprint density at radius 1 is 1.12 bits per heavy atom. The SMILES string of the molecule is Nc1ncc(-c2ccc3[nH]ncc3c2)nc1C(=O)Nc1ccccc1.[HH].[HH].[HH]. The molecule has 0 aliphatic heterocycles. The number of nitrogens with zero attached hydrogens (tertiary/aromatic N) is 3. The van der Waals surface area contributed by atoms with Crippen LogP contribution < -0.4 is 11.1 Å². The van der Waals surface area contributed by atoms with Crippen LogP contribution in [0.15, 0.2) is 60.9 Å². The number of anilines is 2. The van der Waals surface area contributed by atoms with Gasteiger partial charge in [0.15, 0.2) is 11.5 Å². The fourth-order valence-corrected chi connectivity index (χ4v) is 2.52. The monoisotopic (exact) mass is 336 g/mol. The molecular formula is C18H20N6O. The first-order valence-corrected chi connectivity index (χ1v) is 7.63. The number of nitrogens with two attached hydrogens (primary N) is 1. The molecule has 0 spiro atoms. The maximum atomic E-state index is 12.5. The summed E-state index contributed by atoms with van der Waals surface area (Å²) in [6.07, 6.45) is 3.28. The molecular weight excluding hydrogens is 316 g/mol. The van der Waals surface area contributed by atoms with E-state index in [2.05, 4.69) is 25.5 Å². The molecule has 0 radical (unpaired) electrons. The number of rotatable bonds is 3. The average Bonchev–Trinajstić information content (AvgIpc) is 3.10. The molecule has 0 atom stereocenters. The van der Waals surface area contributed by atoms with Crippen LogP contribution in [0.3, 0.4) is 0 Å². The van der Waals surface area contributed by atoms with Crippen molar-refractivity contribution in [1.82, 2.24) is 20.2 Å². The van der Waals surface area contributed by atoms with Crippen molar-refractivity contribution in [2.45, 2.75) is 0 Å². The second-order valence-electron chi connectivity index (χ2n) is 5.48. The Morgan fingerprint density at radius 3 is 2.80 bits per heavy atom. The first-order valence-electron chi connectivity index (χ1n) is 7.63. The largest absolute Gasteiger partial charge is 0.382 e. The van der Waals surface area contributed by atoms with Crippen molar-refractivity contribution in [3.63, 3.8) is 0 Å². The molecule has 0 aliphatic rings. The summed E-state index contributed by atoms with van der Waals surface area (Å²) >= 11 is 0. The number of hydrogen-bond donors (Lipinski definition) is 3. The van der Waals surface area contributed by atoms with E-state index in [4.69, 9.17) is 5.73 Å². The van der Waals surface area contributed by atoms with Crippen LogP contribution in [-0.4, -0.2) is 26.1 Å². The molecule has 4 N–H and O–H groups in total. The third-order valence-corrected chi connectivity index (χ3v) is 3.78. The lowest BCUT2D eigenvalue weighted by Crippen LogP contribution is -2.17. The van der Waals surface area contributed by atoms with Gasteiger partial charge in [0.1, 0.15) is 0 Å². The lowest BCUT2D eigenvalue weighted by Gasteiger charge is -2.08. The highest BCUT2D eigenvalue weighted by Gasteiger charge is 2.15. The van der Waals surface area contributed by atoms with Gasteiger partial charge in [-0.1, -0.05) is 24.3 Å². The first-order chi connectivity index (χ1) is 12.2. The van der Waals surface area contributed by atoms with Crippen molar-refractivity contribution in [2.24, 2.45) is 0 Å². The van der Waals surface area contributed by atoms with Gasteiger partial charge in [0.2, 0.25) is 0 Å². The van der Waals surface area contributed by atoms with E-state index in [1.165, 1.54) is 0 Å². The topological polar surface area (TPSA) is 110 Å². The lowest BCUT2D eigenvalue weighted by atomic mass is 10.1. The molecule has 7 nitrogen and oxygen atoms in total. The molecule has 1 amide bonds. The van der Waals surface area contributed by atoms with Crippen molar-refractivity contribution in [3.8, 4) is 11.3 Å². The van der Waals surface area contributed by atoms with Crippen LogP contribution in [0, 0.1) is 0 Å². The molecule has 25 heavy (non-hydrogen) atoms. The molecule has 2 aromatic heterocycles. The minimum Gasteiger partial charge on any atom is -0.382 e. The Kier molecular flexibility index (Phi) is 3.59. The predicted octanol–water partition coefficient (Wildman–Crippen LogP) is 3.59. The normalized spacial score (nSPS) is 10.7. The fraction of sp³-hybridized carbons (Fsp3) is 0. The molecule has 0 fully saturated rings. The van der Waals surface area contributed by atoms with Gasteiger partial charge in [-0.3, -0.25) is 9.89 Å². The highest BCUT2D eigenvalue weighted by molar-refractivity contribution is 6.06.